The molecular weight excluding hydrogens is 250 g/mol. The largest absolute Gasteiger partial charge is 0.354 e. The number of aromatic nitrogens is 3. The second-order valence-electron chi connectivity index (χ2n) is 4.58. The van der Waals surface area contributed by atoms with Gasteiger partial charge in [-0.1, -0.05) is 20.3 Å². The first kappa shape index (κ1) is 15.0. The van der Waals surface area contributed by atoms with E-state index in [-0.39, 0.29) is 5.28 Å². The lowest BCUT2D eigenvalue weighted by atomic mass is 10.0. The van der Waals surface area contributed by atoms with Crippen molar-refractivity contribution >= 4 is 23.5 Å². The van der Waals surface area contributed by atoms with E-state index >= 15 is 0 Å². The number of nitrogens with one attached hydrogen (secondary N) is 2. The average molecular weight is 272 g/mol. The molecule has 0 amide bonds. The van der Waals surface area contributed by atoms with Crippen LogP contribution in [0.4, 0.5) is 11.9 Å². The van der Waals surface area contributed by atoms with E-state index in [4.69, 9.17) is 11.6 Å². The Morgan fingerprint density at radius 2 is 1.78 bits per heavy atom. The van der Waals surface area contributed by atoms with Gasteiger partial charge in [0.1, 0.15) is 0 Å². The van der Waals surface area contributed by atoms with Crippen molar-refractivity contribution in [2.24, 2.45) is 5.92 Å². The highest BCUT2D eigenvalue weighted by molar-refractivity contribution is 6.28. The molecule has 1 aromatic rings. The summed E-state index contributed by atoms with van der Waals surface area (Å²) in [5.74, 6) is 1.72. The Kier molecular flexibility index (Phi) is 6.12. The van der Waals surface area contributed by atoms with Crippen LogP contribution in [0.2, 0.25) is 5.28 Å². The molecule has 0 spiro atoms. The third-order valence-corrected chi connectivity index (χ3v) is 2.94. The lowest BCUT2D eigenvalue weighted by molar-refractivity contribution is 0.482. The van der Waals surface area contributed by atoms with Crippen molar-refractivity contribution in [3.8, 4) is 0 Å². The van der Waals surface area contributed by atoms with Gasteiger partial charge in [0.05, 0.1) is 0 Å². The van der Waals surface area contributed by atoms with Gasteiger partial charge in [0.15, 0.2) is 0 Å². The molecule has 0 aromatic carbocycles. The van der Waals surface area contributed by atoms with Crippen molar-refractivity contribution in [1.82, 2.24) is 15.0 Å². The molecule has 0 fully saturated rings. The highest BCUT2D eigenvalue weighted by Gasteiger charge is 2.10. The molecule has 0 saturated carbocycles. The van der Waals surface area contributed by atoms with E-state index in [0.29, 0.717) is 23.9 Å². The summed E-state index contributed by atoms with van der Waals surface area (Å²) in [6.07, 6.45) is 2.25. The molecular formula is C12H22ClN5. The van der Waals surface area contributed by atoms with E-state index < -0.39 is 0 Å². The molecule has 5 nitrogen and oxygen atoms in total. The van der Waals surface area contributed by atoms with Crippen LogP contribution in [0.15, 0.2) is 0 Å². The number of hydrogen-bond donors (Lipinski definition) is 2. The van der Waals surface area contributed by atoms with Crippen LogP contribution in [0.5, 0.6) is 0 Å². The zero-order chi connectivity index (χ0) is 13.5. The summed E-state index contributed by atoms with van der Waals surface area (Å²) in [6, 6.07) is 0.313. The summed E-state index contributed by atoms with van der Waals surface area (Å²) < 4.78 is 0. The summed E-state index contributed by atoms with van der Waals surface area (Å²) in [6.45, 7) is 9.29. The maximum Gasteiger partial charge on any atom is 0.229 e. The van der Waals surface area contributed by atoms with Crippen molar-refractivity contribution in [3.05, 3.63) is 5.28 Å². The number of anilines is 2. The Morgan fingerprint density at radius 1 is 1.11 bits per heavy atom. The molecule has 18 heavy (non-hydrogen) atoms. The number of rotatable bonds is 7. The molecule has 0 aliphatic heterocycles. The first-order valence-corrected chi connectivity index (χ1v) is 6.84. The second kappa shape index (κ2) is 7.36. The Balaban J connectivity index is 2.65. The zero-order valence-electron chi connectivity index (χ0n) is 11.5. The quantitative estimate of drug-likeness (QED) is 0.797. The number of hydrogen-bond acceptors (Lipinski definition) is 5. The Bertz CT molecular complexity index is 371. The van der Waals surface area contributed by atoms with E-state index in [1.807, 2.05) is 6.92 Å². The van der Waals surface area contributed by atoms with Gasteiger partial charge in [-0.15, -0.1) is 0 Å². The minimum absolute atomic E-state index is 0.208. The molecule has 0 bridgehead atoms. The van der Waals surface area contributed by atoms with Crippen molar-refractivity contribution < 1.29 is 0 Å². The smallest absolute Gasteiger partial charge is 0.229 e. The van der Waals surface area contributed by atoms with Crippen LogP contribution >= 0.6 is 11.6 Å². The van der Waals surface area contributed by atoms with Gasteiger partial charge in [0.25, 0.3) is 0 Å². The summed E-state index contributed by atoms with van der Waals surface area (Å²) >= 11 is 5.86. The van der Waals surface area contributed by atoms with Crippen LogP contribution in [0.3, 0.4) is 0 Å². The molecule has 1 aromatic heterocycles. The molecule has 1 heterocycles. The predicted octanol–water partition coefficient (Wildman–Crippen LogP) is 3.19. The van der Waals surface area contributed by atoms with Gasteiger partial charge in [0.2, 0.25) is 17.2 Å². The maximum atomic E-state index is 5.86. The molecule has 0 saturated heterocycles. The fourth-order valence-electron chi connectivity index (χ4n) is 1.70. The van der Waals surface area contributed by atoms with Crippen molar-refractivity contribution in [2.75, 3.05) is 17.2 Å². The lowest BCUT2D eigenvalue weighted by Crippen LogP contribution is -2.20. The SMILES string of the molecule is CCNc1nc(Cl)nc(NC(C)CC(C)CC)n1. The molecule has 102 valence electrons. The Hall–Kier alpha value is -1.10. The molecule has 0 radical (unpaired) electrons. The zero-order valence-corrected chi connectivity index (χ0v) is 12.3. The summed E-state index contributed by atoms with van der Waals surface area (Å²) in [5, 5.41) is 6.49. The standard InChI is InChI=1S/C12H22ClN5/c1-5-8(3)7-9(4)15-12-17-10(13)16-11(18-12)14-6-2/h8-9H,5-7H2,1-4H3,(H2,14,15,16,17,18). The minimum atomic E-state index is 0.208. The summed E-state index contributed by atoms with van der Waals surface area (Å²) in [5.41, 5.74) is 0. The monoisotopic (exact) mass is 271 g/mol. The molecule has 1 rings (SSSR count). The molecule has 2 unspecified atom stereocenters. The van der Waals surface area contributed by atoms with Gasteiger partial charge < -0.3 is 10.6 Å². The number of nitrogens with zero attached hydrogens (tertiary/aromatic N) is 3. The first-order chi connectivity index (χ1) is 8.55. The average Bonchev–Trinajstić information content (AvgIpc) is 2.28. The second-order valence-corrected chi connectivity index (χ2v) is 4.91. The molecule has 0 aliphatic rings. The van der Waals surface area contributed by atoms with E-state index in [1.54, 1.807) is 0 Å². The van der Waals surface area contributed by atoms with E-state index in [2.05, 4.69) is 46.4 Å². The van der Waals surface area contributed by atoms with Gasteiger partial charge in [-0.05, 0) is 37.8 Å². The topological polar surface area (TPSA) is 62.7 Å². The predicted molar refractivity (Wildman–Crippen MR) is 76.2 cm³/mol. The van der Waals surface area contributed by atoms with Crippen LogP contribution in [-0.2, 0) is 0 Å². The Labute approximate surface area is 114 Å². The van der Waals surface area contributed by atoms with Crippen molar-refractivity contribution in [3.63, 3.8) is 0 Å². The van der Waals surface area contributed by atoms with E-state index in [0.717, 1.165) is 13.0 Å². The fraction of sp³-hybridized carbons (Fsp3) is 0.750. The van der Waals surface area contributed by atoms with E-state index in [9.17, 15) is 0 Å². The van der Waals surface area contributed by atoms with Crippen LogP contribution in [-0.4, -0.2) is 27.5 Å². The highest BCUT2D eigenvalue weighted by Crippen LogP contribution is 2.14. The normalized spacial score (nSPS) is 14.1. The van der Waals surface area contributed by atoms with Crippen molar-refractivity contribution in [2.45, 2.75) is 46.6 Å². The van der Waals surface area contributed by atoms with Crippen LogP contribution in [0.1, 0.15) is 40.5 Å². The minimum Gasteiger partial charge on any atom is -0.354 e. The maximum absolute atomic E-state index is 5.86. The van der Waals surface area contributed by atoms with Gasteiger partial charge in [-0.2, -0.15) is 15.0 Å². The van der Waals surface area contributed by atoms with Gasteiger partial charge in [0, 0.05) is 12.6 Å². The molecule has 2 N–H and O–H groups in total. The van der Waals surface area contributed by atoms with E-state index in [1.165, 1.54) is 6.42 Å². The third-order valence-electron chi connectivity index (χ3n) is 2.77. The van der Waals surface area contributed by atoms with Crippen LogP contribution < -0.4 is 10.6 Å². The molecule has 2 atom stereocenters. The van der Waals surface area contributed by atoms with Gasteiger partial charge in [-0.25, -0.2) is 0 Å². The summed E-state index contributed by atoms with van der Waals surface area (Å²) in [4.78, 5) is 12.3. The van der Waals surface area contributed by atoms with Crippen LogP contribution in [0.25, 0.3) is 0 Å². The fourth-order valence-corrected chi connectivity index (χ4v) is 1.86. The highest BCUT2D eigenvalue weighted by atomic mass is 35.5. The third kappa shape index (κ3) is 5.04. The lowest BCUT2D eigenvalue weighted by Gasteiger charge is -2.17. The van der Waals surface area contributed by atoms with Gasteiger partial charge in [-0.3, -0.25) is 0 Å². The Morgan fingerprint density at radius 3 is 2.39 bits per heavy atom. The van der Waals surface area contributed by atoms with Crippen molar-refractivity contribution in [1.29, 1.82) is 0 Å². The van der Waals surface area contributed by atoms with Gasteiger partial charge >= 0.3 is 0 Å². The van der Waals surface area contributed by atoms with Crippen LogP contribution in [0, 0.1) is 5.92 Å². The summed E-state index contributed by atoms with van der Waals surface area (Å²) in [7, 11) is 0. The number of halogens is 1. The first-order valence-electron chi connectivity index (χ1n) is 6.47. The molecule has 6 heteroatoms. The molecule has 0 aliphatic carbocycles.